The van der Waals surface area contributed by atoms with E-state index >= 15 is 0 Å². The Morgan fingerprint density at radius 2 is 2.00 bits per heavy atom. The summed E-state index contributed by atoms with van der Waals surface area (Å²) in [5, 5.41) is 0.472. The van der Waals surface area contributed by atoms with Gasteiger partial charge in [0, 0.05) is 18.8 Å². The van der Waals surface area contributed by atoms with E-state index in [0.717, 1.165) is 12.1 Å². The molecule has 0 spiro atoms. The van der Waals surface area contributed by atoms with Gasteiger partial charge in [0.1, 0.15) is 10.9 Å². The van der Waals surface area contributed by atoms with E-state index in [9.17, 15) is 13.2 Å². The average molecular weight is 258 g/mol. The molecule has 0 amide bonds. The van der Waals surface area contributed by atoms with Crippen LogP contribution in [0.3, 0.4) is 0 Å². The number of nitrogens with zero attached hydrogens (tertiary/aromatic N) is 2. The predicted octanol–water partition coefficient (Wildman–Crippen LogP) is 3.39. The van der Waals surface area contributed by atoms with Crippen LogP contribution in [0.1, 0.15) is 5.56 Å². The second-order valence-electron chi connectivity index (χ2n) is 3.61. The van der Waals surface area contributed by atoms with Crippen molar-refractivity contribution < 1.29 is 13.2 Å². The molecule has 0 atom stereocenters. The van der Waals surface area contributed by atoms with Gasteiger partial charge >= 0.3 is 6.18 Å². The van der Waals surface area contributed by atoms with Crippen LogP contribution in [0, 0.1) is 0 Å². The molecule has 2 nitrogen and oxygen atoms in total. The molecule has 0 aliphatic rings. The van der Waals surface area contributed by atoms with Crippen molar-refractivity contribution in [3.05, 3.63) is 36.0 Å². The first kappa shape index (κ1) is 12.0. The van der Waals surface area contributed by atoms with Gasteiger partial charge in [0.15, 0.2) is 0 Å². The van der Waals surface area contributed by atoms with E-state index < -0.39 is 11.7 Å². The highest BCUT2D eigenvalue weighted by Crippen LogP contribution is 2.31. The van der Waals surface area contributed by atoms with Gasteiger partial charge in [-0.15, -0.1) is 12.6 Å². The van der Waals surface area contributed by atoms with Gasteiger partial charge in [-0.2, -0.15) is 13.2 Å². The molecule has 0 saturated carbocycles. The molecular weight excluding hydrogens is 249 g/mol. The fourth-order valence-corrected chi connectivity index (χ4v) is 1.82. The van der Waals surface area contributed by atoms with E-state index in [-0.39, 0.29) is 0 Å². The number of aromatic nitrogens is 2. The summed E-state index contributed by atoms with van der Waals surface area (Å²) in [4.78, 5) is 4.06. The molecule has 0 aliphatic carbocycles. The maximum absolute atomic E-state index is 12.5. The quantitative estimate of drug-likeness (QED) is 0.776. The van der Waals surface area contributed by atoms with E-state index in [4.69, 9.17) is 0 Å². The molecule has 0 saturated heterocycles. The molecule has 2 rings (SSSR count). The summed E-state index contributed by atoms with van der Waals surface area (Å²) in [7, 11) is 1.71. The molecule has 0 unspecified atom stereocenters. The van der Waals surface area contributed by atoms with Crippen LogP contribution in [-0.4, -0.2) is 9.55 Å². The minimum absolute atomic E-state index is 0.419. The van der Waals surface area contributed by atoms with Crippen molar-refractivity contribution in [2.45, 2.75) is 11.2 Å². The second-order valence-corrected chi connectivity index (χ2v) is 4.07. The van der Waals surface area contributed by atoms with E-state index in [1.807, 2.05) is 0 Å². The third-order valence-electron chi connectivity index (χ3n) is 2.31. The molecule has 2 aromatic rings. The highest BCUT2D eigenvalue weighted by molar-refractivity contribution is 7.80. The van der Waals surface area contributed by atoms with Gasteiger partial charge in [0.05, 0.1) is 5.56 Å². The SMILES string of the molecule is Cn1cc(S)nc1-c1cccc(C(F)(F)F)c1. The Hall–Kier alpha value is -1.43. The zero-order chi connectivity index (χ0) is 12.6. The van der Waals surface area contributed by atoms with Crippen molar-refractivity contribution in [3.63, 3.8) is 0 Å². The fourth-order valence-electron chi connectivity index (χ4n) is 1.55. The number of rotatable bonds is 1. The van der Waals surface area contributed by atoms with Gasteiger partial charge in [-0.05, 0) is 12.1 Å². The van der Waals surface area contributed by atoms with Gasteiger partial charge in [-0.3, -0.25) is 0 Å². The van der Waals surface area contributed by atoms with Crippen molar-refractivity contribution in [3.8, 4) is 11.4 Å². The third-order valence-corrected chi connectivity index (χ3v) is 2.53. The standard InChI is InChI=1S/C11H9F3N2S/c1-16-6-9(17)15-10(16)7-3-2-4-8(5-7)11(12,13)14/h2-6,17H,1H3. The van der Waals surface area contributed by atoms with Crippen LogP contribution in [0.15, 0.2) is 35.5 Å². The maximum Gasteiger partial charge on any atom is 0.416 e. The summed E-state index contributed by atoms with van der Waals surface area (Å²) < 4.78 is 39.3. The summed E-state index contributed by atoms with van der Waals surface area (Å²) in [6.45, 7) is 0. The summed E-state index contributed by atoms with van der Waals surface area (Å²) in [6, 6.07) is 5.07. The third kappa shape index (κ3) is 2.46. The van der Waals surface area contributed by atoms with E-state index in [0.29, 0.717) is 16.4 Å². The lowest BCUT2D eigenvalue weighted by molar-refractivity contribution is -0.137. The number of halogens is 3. The van der Waals surface area contributed by atoms with Gasteiger partial charge in [-0.25, -0.2) is 4.98 Å². The summed E-state index contributed by atoms with van der Waals surface area (Å²) >= 11 is 4.05. The van der Waals surface area contributed by atoms with Gasteiger partial charge < -0.3 is 4.57 Å². The maximum atomic E-state index is 12.5. The van der Waals surface area contributed by atoms with Crippen LogP contribution in [0.4, 0.5) is 13.2 Å². The molecule has 0 aliphatic heterocycles. The molecular formula is C11H9F3N2S. The highest BCUT2D eigenvalue weighted by Gasteiger charge is 2.30. The molecule has 17 heavy (non-hydrogen) atoms. The molecule has 0 N–H and O–H groups in total. The topological polar surface area (TPSA) is 17.8 Å². The van der Waals surface area contributed by atoms with Crippen molar-refractivity contribution in [2.24, 2.45) is 7.05 Å². The van der Waals surface area contributed by atoms with Gasteiger partial charge in [-0.1, -0.05) is 12.1 Å². The fraction of sp³-hybridized carbons (Fsp3) is 0.182. The van der Waals surface area contributed by atoms with E-state index in [1.54, 1.807) is 23.9 Å². The largest absolute Gasteiger partial charge is 0.416 e. The highest BCUT2D eigenvalue weighted by atomic mass is 32.1. The molecule has 1 heterocycles. The van der Waals surface area contributed by atoms with Crippen molar-refractivity contribution in [2.75, 3.05) is 0 Å². The lowest BCUT2D eigenvalue weighted by atomic mass is 10.1. The number of aryl methyl sites for hydroxylation is 1. The number of alkyl halides is 3. The van der Waals surface area contributed by atoms with Crippen LogP contribution in [0.2, 0.25) is 0 Å². The number of benzene rings is 1. The van der Waals surface area contributed by atoms with Crippen LogP contribution in [-0.2, 0) is 13.2 Å². The molecule has 0 bridgehead atoms. The Bertz CT molecular complexity index is 546. The Balaban J connectivity index is 2.50. The zero-order valence-corrected chi connectivity index (χ0v) is 9.76. The molecule has 1 aromatic carbocycles. The molecule has 6 heteroatoms. The number of imidazole rings is 1. The normalized spacial score (nSPS) is 11.8. The monoisotopic (exact) mass is 258 g/mol. The molecule has 0 radical (unpaired) electrons. The number of hydrogen-bond acceptors (Lipinski definition) is 2. The van der Waals surface area contributed by atoms with E-state index in [2.05, 4.69) is 17.6 Å². The average Bonchev–Trinajstić information content (AvgIpc) is 2.57. The molecule has 90 valence electrons. The van der Waals surface area contributed by atoms with Crippen LogP contribution >= 0.6 is 12.6 Å². The smallest absolute Gasteiger partial charge is 0.333 e. The Labute approximate surface area is 102 Å². The van der Waals surface area contributed by atoms with Crippen LogP contribution < -0.4 is 0 Å². The lowest BCUT2D eigenvalue weighted by Gasteiger charge is -2.08. The lowest BCUT2D eigenvalue weighted by Crippen LogP contribution is -2.05. The van der Waals surface area contributed by atoms with Crippen molar-refractivity contribution >= 4 is 12.6 Å². The first-order valence-electron chi connectivity index (χ1n) is 4.78. The second kappa shape index (κ2) is 4.10. The first-order valence-corrected chi connectivity index (χ1v) is 5.22. The Morgan fingerprint density at radius 1 is 1.29 bits per heavy atom. The zero-order valence-electron chi connectivity index (χ0n) is 8.86. The minimum Gasteiger partial charge on any atom is -0.333 e. The van der Waals surface area contributed by atoms with Crippen molar-refractivity contribution in [1.29, 1.82) is 0 Å². The molecule has 1 aromatic heterocycles. The van der Waals surface area contributed by atoms with Crippen LogP contribution in [0.25, 0.3) is 11.4 Å². The Morgan fingerprint density at radius 3 is 2.53 bits per heavy atom. The molecule has 0 fully saturated rings. The predicted molar refractivity (Wildman–Crippen MR) is 60.9 cm³/mol. The van der Waals surface area contributed by atoms with E-state index in [1.165, 1.54) is 6.07 Å². The van der Waals surface area contributed by atoms with Crippen molar-refractivity contribution in [1.82, 2.24) is 9.55 Å². The number of hydrogen-bond donors (Lipinski definition) is 1. The summed E-state index contributed by atoms with van der Waals surface area (Å²) in [5.41, 5.74) is -0.263. The summed E-state index contributed by atoms with van der Waals surface area (Å²) in [5.74, 6) is 0.459. The first-order chi connectivity index (χ1) is 7.88. The van der Waals surface area contributed by atoms with Gasteiger partial charge in [0.25, 0.3) is 0 Å². The van der Waals surface area contributed by atoms with Gasteiger partial charge in [0.2, 0.25) is 0 Å². The summed E-state index contributed by atoms with van der Waals surface area (Å²) in [6.07, 6.45) is -2.70. The minimum atomic E-state index is -4.34. The Kier molecular flexibility index (Phi) is 2.91. The number of thiol groups is 1. The van der Waals surface area contributed by atoms with Crippen LogP contribution in [0.5, 0.6) is 0 Å².